The van der Waals surface area contributed by atoms with Crippen molar-refractivity contribution in [3.8, 4) is 0 Å². The minimum Gasteiger partial charge on any atom is -0.381 e. The Bertz CT molecular complexity index is 501. The van der Waals surface area contributed by atoms with E-state index in [2.05, 4.69) is 0 Å². The van der Waals surface area contributed by atoms with Crippen LogP contribution in [0.3, 0.4) is 0 Å². The molecule has 16 heavy (non-hydrogen) atoms. The van der Waals surface area contributed by atoms with Gasteiger partial charge in [-0.15, -0.1) is 11.3 Å². The molecule has 2 aromatic rings. The normalized spacial score (nSPS) is 12.9. The molecule has 1 atom stereocenters. The first kappa shape index (κ1) is 11.3. The van der Waals surface area contributed by atoms with Crippen LogP contribution in [0.15, 0.2) is 29.6 Å². The summed E-state index contributed by atoms with van der Waals surface area (Å²) in [6, 6.07) is 7.89. The smallest absolute Gasteiger partial charge is 0.166 e. The Morgan fingerprint density at radius 3 is 3.00 bits per heavy atom. The van der Waals surface area contributed by atoms with E-state index in [1.54, 1.807) is 18.4 Å². The maximum atomic E-state index is 12.1. The molecule has 3 heteroatoms. The number of Topliss-reactive ketones (excluding diaryl/α,β-unsaturated/α-hetero) is 1. The van der Waals surface area contributed by atoms with Gasteiger partial charge in [0.05, 0.1) is 6.10 Å². The first-order chi connectivity index (χ1) is 7.72. The van der Waals surface area contributed by atoms with Gasteiger partial charge in [-0.2, -0.15) is 0 Å². The molecular weight excluding hydrogens is 220 g/mol. The van der Waals surface area contributed by atoms with E-state index in [0.29, 0.717) is 6.42 Å². The topological polar surface area (TPSA) is 26.3 Å². The molecule has 1 heterocycles. The molecule has 84 valence electrons. The molecule has 0 saturated carbocycles. The molecular formula is C13H14O2S. The lowest BCUT2D eigenvalue weighted by molar-refractivity contribution is 0.0793. The van der Waals surface area contributed by atoms with Crippen molar-refractivity contribution >= 4 is 27.2 Å². The van der Waals surface area contributed by atoms with Crippen molar-refractivity contribution in [3.05, 3.63) is 35.2 Å². The zero-order valence-corrected chi connectivity index (χ0v) is 10.2. The van der Waals surface area contributed by atoms with Crippen LogP contribution in [0.5, 0.6) is 0 Å². The van der Waals surface area contributed by atoms with Gasteiger partial charge in [0.15, 0.2) is 5.78 Å². The lowest BCUT2D eigenvalue weighted by atomic mass is 10.0. The quantitative estimate of drug-likeness (QED) is 0.757. The minimum absolute atomic E-state index is 0.0253. The van der Waals surface area contributed by atoms with E-state index < -0.39 is 0 Å². The third kappa shape index (κ3) is 2.15. The van der Waals surface area contributed by atoms with Crippen molar-refractivity contribution < 1.29 is 9.53 Å². The molecule has 0 aliphatic heterocycles. The standard InChI is InChI=1S/C13H14O2S/c1-9(15-2)8-12(14)11-5-3-4-10-6-7-16-13(10)11/h3-7,9H,8H2,1-2H3. The predicted octanol–water partition coefficient (Wildman–Crippen LogP) is 3.51. The number of hydrogen-bond donors (Lipinski definition) is 0. The van der Waals surface area contributed by atoms with Crippen molar-refractivity contribution in [2.24, 2.45) is 0 Å². The maximum absolute atomic E-state index is 12.1. The first-order valence-corrected chi connectivity index (χ1v) is 6.12. The summed E-state index contributed by atoms with van der Waals surface area (Å²) in [4.78, 5) is 12.1. The molecule has 2 nitrogen and oxygen atoms in total. The van der Waals surface area contributed by atoms with Gasteiger partial charge >= 0.3 is 0 Å². The van der Waals surface area contributed by atoms with E-state index in [1.165, 1.54) is 0 Å². The van der Waals surface area contributed by atoms with Crippen molar-refractivity contribution in [1.29, 1.82) is 0 Å². The average molecular weight is 234 g/mol. The number of ketones is 1. The summed E-state index contributed by atoms with van der Waals surface area (Å²) in [5.74, 6) is 0.155. The summed E-state index contributed by atoms with van der Waals surface area (Å²) in [6.45, 7) is 1.91. The minimum atomic E-state index is -0.0253. The molecule has 0 fully saturated rings. The average Bonchev–Trinajstić information content (AvgIpc) is 2.76. The fraction of sp³-hybridized carbons (Fsp3) is 0.308. The van der Waals surface area contributed by atoms with Gasteiger partial charge in [-0.25, -0.2) is 0 Å². The molecule has 0 radical (unpaired) electrons. The van der Waals surface area contributed by atoms with E-state index in [1.807, 2.05) is 36.6 Å². The van der Waals surface area contributed by atoms with Gasteiger partial charge in [0.25, 0.3) is 0 Å². The van der Waals surface area contributed by atoms with Crippen molar-refractivity contribution in [2.45, 2.75) is 19.4 Å². The van der Waals surface area contributed by atoms with Crippen LogP contribution in [0.2, 0.25) is 0 Å². The third-order valence-corrected chi connectivity index (χ3v) is 3.62. The van der Waals surface area contributed by atoms with E-state index in [4.69, 9.17) is 4.74 Å². The van der Waals surface area contributed by atoms with E-state index in [-0.39, 0.29) is 11.9 Å². The van der Waals surface area contributed by atoms with Crippen LogP contribution in [-0.4, -0.2) is 19.0 Å². The molecule has 2 rings (SSSR count). The Kier molecular flexibility index (Phi) is 3.36. The number of rotatable bonds is 4. The summed E-state index contributed by atoms with van der Waals surface area (Å²) >= 11 is 1.62. The summed E-state index contributed by atoms with van der Waals surface area (Å²) in [6.07, 6.45) is 0.413. The monoisotopic (exact) mass is 234 g/mol. The van der Waals surface area contributed by atoms with Crippen LogP contribution in [0.25, 0.3) is 10.1 Å². The van der Waals surface area contributed by atoms with E-state index in [0.717, 1.165) is 15.6 Å². The van der Waals surface area contributed by atoms with Gasteiger partial charge in [-0.1, -0.05) is 12.1 Å². The fourth-order valence-corrected chi connectivity index (χ4v) is 2.60. The first-order valence-electron chi connectivity index (χ1n) is 5.24. The van der Waals surface area contributed by atoms with E-state index in [9.17, 15) is 4.79 Å². The number of fused-ring (bicyclic) bond motifs is 1. The summed E-state index contributed by atoms with van der Waals surface area (Å²) in [5, 5.41) is 3.15. The van der Waals surface area contributed by atoms with Gasteiger partial charge in [-0.05, 0) is 29.8 Å². The van der Waals surface area contributed by atoms with Crippen molar-refractivity contribution in [2.75, 3.05) is 7.11 Å². The van der Waals surface area contributed by atoms with Crippen LogP contribution in [0.1, 0.15) is 23.7 Å². The second kappa shape index (κ2) is 4.76. The Morgan fingerprint density at radius 2 is 2.25 bits per heavy atom. The maximum Gasteiger partial charge on any atom is 0.166 e. The SMILES string of the molecule is COC(C)CC(=O)c1cccc2ccsc12. The summed E-state index contributed by atoms with van der Waals surface area (Å²) in [7, 11) is 1.63. The lowest BCUT2D eigenvalue weighted by Gasteiger charge is -2.08. The van der Waals surface area contributed by atoms with Gasteiger partial charge < -0.3 is 4.74 Å². The highest BCUT2D eigenvalue weighted by atomic mass is 32.1. The molecule has 0 bridgehead atoms. The molecule has 0 aliphatic carbocycles. The van der Waals surface area contributed by atoms with Gasteiger partial charge in [0.2, 0.25) is 0 Å². The molecule has 0 aliphatic rings. The molecule has 0 spiro atoms. The zero-order chi connectivity index (χ0) is 11.5. The lowest BCUT2D eigenvalue weighted by Crippen LogP contribution is -2.12. The van der Waals surface area contributed by atoms with E-state index >= 15 is 0 Å². The van der Waals surface area contributed by atoms with Crippen LogP contribution < -0.4 is 0 Å². The molecule has 0 saturated heterocycles. The van der Waals surface area contributed by atoms with Crippen LogP contribution in [0.4, 0.5) is 0 Å². The van der Waals surface area contributed by atoms with Gasteiger partial charge in [0.1, 0.15) is 0 Å². The Hall–Kier alpha value is -1.19. The molecule has 0 amide bonds. The van der Waals surface area contributed by atoms with Crippen LogP contribution >= 0.6 is 11.3 Å². The highest BCUT2D eigenvalue weighted by Crippen LogP contribution is 2.25. The predicted molar refractivity (Wildman–Crippen MR) is 67.2 cm³/mol. The molecule has 1 aromatic heterocycles. The Balaban J connectivity index is 2.32. The van der Waals surface area contributed by atoms with Crippen molar-refractivity contribution in [3.63, 3.8) is 0 Å². The van der Waals surface area contributed by atoms with Gasteiger partial charge in [0, 0.05) is 23.8 Å². The number of carbonyl (C=O) groups excluding carboxylic acids is 1. The van der Waals surface area contributed by atoms with Crippen LogP contribution in [0, 0.1) is 0 Å². The largest absolute Gasteiger partial charge is 0.381 e. The Morgan fingerprint density at radius 1 is 1.44 bits per heavy atom. The second-order valence-electron chi connectivity index (χ2n) is 3.82. The zero-order valence-electron chi connectivity index (χ0n) is 9.40. The summed E-state index contributed by atoms with van der Waals surface area (Å²) < 4.78 is 6.20. The highest BCUT2D eigenvalue weighted by molar-refractivity contribution is 7.17. The third-order valence-electron chi connectivity index (χ3n) is 2.65. The number of benzene rings is 1. The second-order valence-corrected chi connectivity index (χ2v) is 4.73. The Labute approximate surface area is 98.9 Å². The molecule has 1 unspecified atom stereocenters. The van der Waals surface area contributed by atoms with Crippen molar-refractivity contribution in [1.82, 2.24) is 0 Å². The van der Waals surface area contributed by atoms with Crippen LogP contribution in [-0.2, 0) is 4.74 Å². The van der Waals surface area contributed by atoms with Gasteiger partial charge in [-0.3, -0.25) is 4.79 Å². The fourth-order valence-electron chi connectivity index (χ4n) is 1.67. The summed E-state index contributed by atoms with van der Waals surface area (Å²) in [5.41, 5.74) is 0.816. The number of thiophene rings is 1. The highest BCUT2D eigenvalue weighted by Gasteiger charge is 2.13. The number of carbonyl (C=O) groups is 1. The number of hydrogen-bond acceptors (Lipinski definition) is 3. The molecule has 0 N–H and O–H groups in total. The molecule has 1 aromatic carbocycles. The number of methoxy groups -OCH3 is 1. The number of ether oxygens (including phenoxy) is 1.